The molecule has 0 amide bonds. The van der Waals surface area contributed by atoms with E-state index in [1.807, 2.05) is 0 Å². The highest BCUT2D eigenvalue weighted by Gasteiger charge is 2.20. The molecule has 2 aromatic rings. The zero-order valence-corrected chi connectivity index (χ0v) is 13.0. The number of aliphatic hydroxyl groups is 1. The lowest BCUT2D eigenvalue weighted by molar-refractivity contribution is -0.384. The van der Waals surface area contributed by atoms with Crippen molar-refractivity contribution in [3.05, 3.63) is 57.3 Å². The van der Waals surface area contributed by atoms with Crippen molar-refractivity contribution >= 4 is 17.2 Å². The highest BCUT2D eigenvalue weighted by Crippen LogP contribution is 2.30. The van der Waals surface area contributed by atoms with Crippen LogP contribution in [0.1, 0.15) is 30.7 Å². The van der Waals surface area contributed by atoms with Gasteiger partial charge in [0.2, 0.25) is 5.82 Å². The van der Waals surface area contributed by atoms with Crippen molar-refractivity contribution < 1.29 is 10.0 Å². The third-order valence-electron chi connectivity index (χ3n) is 3.35. The molecule has 1 heterocycles. The number of hydrogen-bond donors (Lipinski definition) is 2. The van der Waals surface area contributed by atoms with Gasteiger partial charge in [0, 0.05) is 16.9 Å². The molecule has 0 aliphatic carbocycles. The summed E-state index contributed by atoms with van der Waals surface area (Å²) in [5.41, 5.74) is 1.75. The van der Waals surface area contributed by atoms with Gasteiger partial charge in [0.25, 0.3) is 0 Å². The van der Waals surface area contributed by atoms with E-state index in [4.69, 9.17) is 0 Å². The van der Waals surface area contributed by atoms with Crippen molar-refractivity contribution in [2.24, 2.45) is 0 Å². The number of aromatic nitrogens is 1. The number of nitro groups is 1. The van der Waals surface area contributed by atoms with E-state index in [0.29, 0.717) is 16.9 Å². The number of aryl methyl sites for hydroxylation is 2. The minimum Gasteiger partial charge on any atom is -0.386 e. The lowest BCUT2D eigenvalue weighted by Gasteiger charge is -2.18. The first-order chi connectivity index (χ1) is 10.2. The van der Waals surface area contributed by atoms with Crippen LogP contribution >= 0.6 is 0 Å². The number of nitrogens with zero attached hydrogens (tertiary/aromatic N) is 2. The minimum absolute atomic E-state index is 0.0304. The number of rotatable bonds is 4. The molecule has 116 valence electrons. The first kappa shape index (κ1) is 15.9. The van der Waals surface area contributed by atoms with Gasteiger partial charge in [-0.2, -0.15) is 0 Å². The van der Waals surface area contributed by atoms with Gasteiger partial charge in [0.15, 0.2) is 0 Å². The second kappa shape index (κ2) is 5.73. The van der Waals surface area contributed by atoms with Crippen LogP contribution in [0.4, 0.5) is 17.2 Å². The molecule has 1 aromatic carbocycles. The number of benzene rings is 1. The Morgan fingerprint density at radius 1 is 1.23 bits per heavy atom. The largest absolute Gasteiger partial charge is 0.386 e. The van der Waals surface area contributed by atoms with Gasteiger partial charge in [-0.1, -0.05) is 12.1 Å². The molecule has 0 saturated carbocycles. The van der Waals surface area contributed by atoms with E-state index in [0.717, 1.165) is 5.56 Å². The van der Waals surface area contributed by atoms with E-state index < -0.39 is 10.5 Å². The third-order valence-corrected chi connectivity index (χ3v) is 3.35. The normalized spacial score (nSPS) is 11.3. The smallest absolute Gasteiger partial charge is 0.314 e. The SMILES string of the molecule is Cc1cc(C)c([N+](=O)[O-])c(Nc2ccc(C(C)(C)O)cc2)n1. The number of hydrogen-bond acceptors (Lipinski definition) is 5. The van der Waals surface area contributed by atoms with Crippen LogP contribution in [0, 0.1) is 24.0 Å². The Morgan fingerprint density at radius 2 is 1.82 bits per heavy atom. The van der Waals surface area contributed by atoms with E-state index in [2.05, 4.69) is 10.3 Å². The molecular weight excluding hydrogens is 282 g/mol. The van der Waals surface area contributed by atoms with Gasteiger partial charge >= 0.3 is 5.69 Å². The number of pyridine rings is 1. The molecule has 6 nitrogen and oxygen atoms in total. The summed E-state index contributed by atoms with van der Waals surface area (Å²) in [6.07, 6.45) is 0. The van der Waals surface area contributed by atoms with Crippen LogP contribution in [0.15, 0.2) is 30.3 Å². The molecular formula is C16H19N3O3. The highest BCUT2D eigenvalue weighted by atomic mass is 16.6. The zero-order chi connectivity index (χ0) is 16.5. The fraction of sp³-hybridized carbons (Fsp3) is 0.312. The summed E-state index contributed by atoms with van der Waals surface area (Å²) in [7, 11) is 0. The van der Waals surface area contributed by atoms with E-state index in [9.17, 15) is 15.2 Å². The molecule has 0 bridgehead atoms. The van der Waals surface area contributed by atoms with Gasteiger partial charge in [-0.15, -0.1) is 0 Å². The maximum Gasteiger partial charge on any atom is 0.314 e. The standard InChI is InChI=1S/C16H19N3O3/c1-10-9-11(2)17-15(14(10)19(21)22)18-13-7-5-12(6-8-13)16(3,4)20/h5-9,20H,1-4H3,(H,17,18). The van der Waals surface area contributed by atoms with E-state index in [1.165, 1.54) is 0 Å². The third kappa shape index (κ3) is 3.40. The first-order valence-corrected chi connectivity index (χ1v) is 6.91. The maximum absolute atomic E-state index is 11.2. The average Bonchev–Trinajstić information content (AvgIpc) is 2.36. The lowest BCUT2D eigenvalue weighted by Crippen LogP contribution is -2.15. The van der Waals surface area contributed by atoms with Gasteiger partial charge in [0.05, 0.1) is 10.5 Å². The van der Waals surface area contributed by atoms with Crippen molar-refractivity contribution in [2.45, 2.75) is 33.3 Å². The summed E-state index contributed by atoms with van der Waals surface area (Å²) >= 11 is 0. The Bertz CT molecular complexity index is 704. The van der Waals surface area contributed by atoms with Crippen molar-refractivity contribution in [1.29, 1.82) is 0 Å². The molecule has 0 fully saturated rings. The second-order valence-corrected chi connectivity index (χ2v) is 5.80. The van der Waals surface area contributed by atoms with Crippen LogP contribution < -0.4 is 5.32 Å². The summed E-state index contributed by atoms with van der Waals surface area (Å²) in [4.78, 5) is 15.0. The molecule has 0 saturated heterocycles. The topological polar surface area (TPSA) is 88.3 Å². The molecule has 0 aliphatic heterocycles. The van der Waals surface area contributed by atoms with Crippen LogP contribution in [0.3, 0.4) is 0 Å². The fourth-order valence-electron chi connectivity index (χ4n) is 2.25. The van der Waals surface area contributed by atoms with Crippen LogP contribution in [-0.2, 0) is 5.60 Å². The molecule has 1 aromatic heterocycles. The molecule has 0 radical (unpaired) electrons. The van der Waals surface area contributed by atoms with Crippen LogP contribution in [0.2, 0.25) is 0 Å². The predicted octanol–water partition coefficient (Wildman–Crippen LogP) is 3.58. The van der Waals surface area contributed by atoms with Crippen LogP contribution in [0.5, 0.6) is 0 Å². The summed E-state index contributed by atoms with van der Waals surface area (Å²) < 4.78 is 0. The first-order valence-electron chi connectivity index (χ1n) is 6.91. The molecule has 22 heavy (non-hydrogen) atoms. The molecule has 6 heteroatoms. The van der Waals surface area contributed by atoms with Gasteiger partial charge in [0.1, 0.15) is 0 Å². The van der Waals surface area contributed by atoms with Crippen molar-refractivity contribution in [3.8, 4) is 0 Å². The summed E-state index contributed by atoms with van der Waals surface area (Å²) in [6.45, 7) is 6.88. The molecule has 2 N–H and O–H groups in total. The molecule has 0 unspecified atom stereocenters. The van der Waals surface area contributed by atoms with Crippen LogP contribution in [-0.4, -0.2) is 15.0 Å². The van der Waals surface area contributed by atoms with Crippen molar-refractivity contribution in [2.75, 3.05) is 5.32 Å². The molecule has 0 spiro atoms. The number of nitrogens with one attached hydrogen (secondary N) is 1. The second-order valence-electron chi connectivity index (χ2n) is 5.80. The lowest BCUT2D eigenvalue weighted by atomic mass is 9.98. The van der Waals surface area contributed by atoms with E-state index in [-0.39, 0.29) is 11.5 Å². The fourth-order valence-corrected chi connectivity index (χ4v) is 2.25. The zero-order valence-electron chi connectivity index (χ0n) is 13.0. The Labute approximate surface area is 129 Å². The van der Waals surface area contributed by atoms with Gasteiger partial charge in [-0.3, -0.25) is 10.1 Å². The Hall–Kier alpha value is -2.47. The Morgan fingerprint density at radius 3 is 2.32 bits per heavy atom. The molecule has 2 rings (SSSR count). The van der Waals surface area contributed by atoms with Crippen LogP contribution in [0.25, 0.3) is 0 Å². The quantitative estimate of drug-likeness (QED) is 0.665. The van der Waals surface area contributed by atoms with E-state index >= 15 is 0 Å². The minimum atomic E-state index is -0.928. The predicted molar refractivity (Wildman–Crippen MR) is 85.3 cm³/mol. The summed E-state index contributed by atoms with van der Waals surface area (Å²) in [5, 5.41) is 24.1. The number of anilines is 2. The molecule has 0 aliphatic rings. The Balaban J connectivity index is 2.37. The van der Waals surface area contributed by atoms with E-state index in [1.54, 1.807) is 58.0 Å². The van der Waals surface area contributed by atoms with Crippen molar-refractivity contribution in [1.82, 2.24) is 4.98 Å². The average molecular weight is 301 g/mol. The monoisotopic (exact) mass is 301 g/mol. The molecule has 0 atom stereocenters. The maximum atomic E-state index is 11.2. The van der Waals surface area contributed by atoms with Gasteiger partial charge in [-0.25, -0.2) is 4.98 Å². The van der Waals surface area contributed by atoms with Gasteiger partial charge < -0.3 is 10.4 Å². The Kier molecular flexibility index (Phi) is 4.14. The highest BCUT2D eigenvalue weighted by molar-refractivity contribution is 5.68. The summed E-state index contributed by atoms with van der Waals surface area (Å²) in [5.74, 6) is 0.221. The van der Waals surface area contributed by atoms with Crippen molar-refractivity contribution in [3.63, 3.8) is 0 Å². The van der Waals surface area contributed by atoms with Gasteiger partial charge in [-0.05, 0) is 51.5 Å². The summed E-state index contributed by atoms with van der Waals surface area (Å²) in [6, 6.07) is 8.75.